The molecule has 1 unspecified atom stereocenters. The van der Waals surface area contributed by atoms with Crippen LogP contribution in [0.25, 0.3) is 0 Å². The van der Waals surface area contributed by atoms with Gasteiger partial charge in [-0.3, -0.25) is 0 Å². The third kappa shape index (κ3) is 2.35. The van der Waals surface area contributed by atoms with Gasteiger partial charge in [-0.25, -0.2) is 0 Å². The normalized spacial score (nSPS) is 21.0. The van der Waals surface area contributed by atoms with Crippen molar-refractivity contribution in [2.45, 2.75) is 44.1 Å². The molecule has 0 amide bonds. The van der Waals surface area contributed by atoms with Crippen LogP contribution in [-0.2, 0) is 6.42 Å². The molecule has 0 aliphatic heterocycles. The largest absolute Gasteiger partial charge is 0.388 e. The Morgan fingerprint density at radius 3 is 2.87 bits per heavy atom. The summed E-state index contributed by atoms with van der Waals surface area (Å²) in [4.78, 5) is 4.27. The number of aromatic nitrogens is 2. The first kappa shape index (κ1) is 10.6. The average molecular weight is 211 g/mol. The van der Waals surface area contributed by atoms with E-state index in [1.54, 1.807) is 6.92 Å². The molecule has 5 nitrogen and oxygen atoms in total. The third-order valence-electron chi connectivity index (χ3n) is 2.93. The molecule has 0 aromatic carbocycles. The van der Waals surface area contributed by atoms with Crippen molar-refractivity contribution in [2.75, 3.05) is 6.54 Å². The summed E-state index contributed by atoms with van der Waals surface area (Å²) in [5.74, 6) is 1.72. The smallest absolute Gasteiger partial charge is 0.229 e. The van der Waals surface area contributed by atoms with Crippen LogP contribution in [-0.4, -0.2) is 27.4 Å². The zero-order valence-electron chi connectivity index (χ0n) is 8.94. The van der Waals surface area contributed by atoms with Gasteiger partial charge in [0, 0.05) is 12.5 Å². The Morgan fingerprint density at radius 1 is 1.60 bits per heavy atom. The minimum atomic E-state index is -0.955. The minimum Gasteiger partial charge on any atom is -0.388 e. The third-order valence-corrected chi connectivity index (χ3v) is 2.93. The van der Waals surface area contributed by atoms with E-state index in [9.17, 15) is 5.11 Å². The van der Waals surface area contributed by atoms with E-state index in [1.165, 1.54) is 6.42 Å². The predicted molar refractivity (Wildman–Crippen MR) is 54.3 cm³/mol. The standard InChI is InChI=1S/C10H17N3O2/c1-10(14,6-11)5-8-12-9(13-15-8)7-3-2-4-7/h7,14H,2-6,11H2,1H3. The summed E-state index contributed by atoms with van der Waals surface area (Å²) >= 11 is 0. The molecule has 1 saturated carbocycles. The molecule has 2 rings (SSSR count). The first-order chi connectivity index (χ1) is 7.11. The van der Waals surface area contributed by atoms with Crippen LogP contribution in [0.1, 0.15) is 43.8 Å². The van der Waals surface area contributed by atoms with Crippen LogP contribution in [0.2, 0.25) is 0 Å². The fourth-order valence-corrected chi connectivity index (χ4v) is 1.57. The fraction of sp³-hybridized carbons (Fsp3) is 0.800. The second kappa shape index (κ2) is 3.90. The van der Waals surface area contributed by atoms with Gasteiger partial charge in [0.05, 0.1) is 12.0 Å². The average Bonchev–Trinajstić information content (AvgIpc) is 2.49. The second-order valence-corrected chi connectivity index (χ2v) is 4.55. The summed E-state index contributed by atoms with van der Waals surface area (Å²) in [7, 11) is 0. The van der Waals surface area contributed by atoms with Gasteiger partial charge < -0.3 is 15.4 Å². The lowest BCUT2D eigenvalue weighted by molar-refractivity contribution is 0.0610. The van der Waals surface area contributed by atoms with Gasteiger partial charge in [-0.15, -0.1) is 0 Å². The highest BCUT2D eigenvalue weighted by atomic mass is 16.5. The van der Waals surface area contributed by atoms with Crippen molar-refractivity contribution in [3.8, 4) is 0 Å². The van der Waals surface area contributed by atoms with E-state index in [-0.39, 0.29) is 6.54 Å². The zero-order valence-corrected chi connectivity index (χ0v) is 8.94. The molecule has 1 fully saturated rings. The van der Waals surface area contributed by atoms with Crippen molar-refractivity contribution >= 4 is 0 Å². The lowest BCUT2D eigenvalue weighted by atomic mass is 9.85. The van der Waals surface area contributed by atoms with E-state index in [4.69, 9.17) is 10.3 Å². The van der Waals surface area contributed by atoms with Crippen LogP contribution in [0.4, 0.5) is 0 Å². The Balaban J connectivity index is 2.00. The maximum absolute atomic E-state index is 9.74. The van der Waals surface area contributed by atoms with Crippen molar-refractivity contribution < 1.29 is 9.63 Å². The van der Waals surface area contributed by atoms with Crippen molar-refractivity contribution in [3.05, 3.63) is 11.7 Å². The van der Waals surface area contributed by atoms with Gasteiger partial charge in [-0.1, -0.05) is 11.6 Å². The van der Waals surface area contributed by atoms with Crippen molar-refractivity contribution in [1.82, 2.24) is 10.1 Å². The Labute approximate surface area is 88.7 Å². The molecule has 0 spiro atoms. The van der Waals surface area contributed by atoms with Crippen LogP contribution < -0.4 is 5.73 Å². The van der Waals surface area contributed by atoms with Crippen molar-refractivity contribution in [1.29, 1.82) is 0 Å². The molecule has 15 heavy (non-hydrogen) atoms. The van der Waals surface area contributed by atoms with Crippen LogP contribution in [0.3, 0.4) is 0 Å². The number of nitrogens with two attached hydrogens (primary N) is 1. The number of aliphatic hydroxyl groups is 1. The summed E-state index contributed by atoms with van der Waals surface area (Å²) in [6.07, 6.45) is 3.86. The highest BCUT2D eigenvalue weighted by molar-refractivity contribution is 5.01. The molecule has 0 bridgehead atoms. The van der Waals surface area contributed by atoms with Gasteiger partial charge in [-0.2, -0.15) is 4.98 Å². The summed E-state index contributed by atoms with van der Waals surface area (Å²) in [6, 6.07) is 0. The van der Waals surface area contributed by atoms with E-state index >= 15 is 0 Å². The summed E-state index contributed by atoms with van der Waals surface area (Å²) in [6.45, 7) is 1.86. The topological polar surface area (TPSA) is 85.2 Å². The molecule has 0 radical (unpaired) electrons. The molecule has 1 heterocycles. The molecule has 3 N–H and O–H groups in total. The molecule has 0 saturated heterocycles. The summed E-state index contributed by atoms with van der Waals surface area (Å²) in [5, 5.41) is 13.7. The Hall–Kier alpha value is -0.940. The molecule has 1 aromatic heterocycles. The Kier molecular flexibility index (Phi) is 2.75. The molecule has 1 atom stereocenters. The van der Waals surface area contributed by atoms with Gasteiger partial charge in [0.15, 0.2) is 5.82 Å². The Morgan fingerprint density at radius 2 is 2.33 bits per heavy atom. The van der Waals surface area contributed by atoms with Gasteiger partial charge in [0.1, 0.15) is 0 Å². The van der Waals surface area contributed by atoms with E-state index in [0.717, 1.165) is 18.7 Å². The van der Waals surface area contributed by atoms with E-state index in [2.05, 4.69) is 10.1 Å². The van der Waals surface area contributed by atoms with E-state index in [0.29, 0.717) is 18.2 Å². The van der Waals surface area contributed by atoms with Crippen molar-refractivity contribution in [3.63, 3.8) is 0 Å². The van der Waals surface area contributed by atoms with Gasteiger partial charge in [0.2, 0.25) is 5.89 Å². The number of hydrogen-bond acceptors (Lipinski definition) is 5. The molecule has 5 heteroatoms. The van der Waals surface area contributed by atoms with E-state index in [1.807, 2.05) is 0 Å². The van der Waals surface area contributed by atoms with Gasteiger partial charge in [0.25, 0.3) is 0 Å². The maximum Gasteiger partial charge on any atom is 0.229 e. The maximum atomic E-state index is 9.74. The summed E-state index contributed by atoms with van der Waals surface area (Å²) < 4.78 is 5.08. The lowest BCUT2D eigenvalue weighted by Gasteiger charge is -2.21. The van der Waals surface area contributed by atoms with Gasteiger partial charge >= 0.3 is 0 Å². The molecule has 1 aliphatic carbocycles. The minimum absolute atomic E-state index is 0.189. The van der Waals surface area contributed by atoms with Crippen LogP contribution in [0.15, 0.2) is 4.52 Å². The first-order valence-electron chi connectivity index (χ1n) is 5.36. The monoisotopic (exact) mass is 211 g/mol. The SMILES string of the molecule is CC(O)(CN)Cc1nc(C2CCC2)no1. The first-order valence-corrected chi connectivity index (χ1v) is 5.36. The molecular weight excluding hydrogens is 194 g/mol. The molecule has 1 aliphatic rings. The number of hydrogen-bond donors (Lipinski definition) is 2. The number of nitrogens with zero attached hydrogens (tertiary/aromatic N) is 2. The van der Waals surface area contributed by atoms with Crippen LogP contribution in [0.5, 0.6) is 0 Å². The summed E-state index contributed by atoms with van der Waals surface area (Å²) in [5.41, 5.74) is 4.46. The Bertz CT molecular complexity index is 331. The predicted octanol–water partition coefficient (Wildman–Crippen LogP) is 0.589. The highest BCUT2D eigenvalue weighted by Crippen LogP contribution is 2.34. The molecule has 84 valence electrons. The van der Waals surface area contributed by atoms with Crippen molar-refractivity contribution in [2.24, 2.45) is 5.73 Å². The van der Waals surface area contributed by atoms with Gasteiger partial charge in [-0.05, 0) is 19.8 Å². The second-order valence-electron chi connectivity index (χ2n) is 4.55. The van der Waals surface area contributed by atoms with Crippen LogP contribution >= 0.6 is 0 Å². The highest BCUT2D eigenvalue weighted by Gasteiger charge is 2.27. The van der Waals surface area contributed by atoms with E-state index < -0.39 is 5.60 Å². The quantitative estimate of drug-likeness (QED) is 0.761. The lowest BCUT2D eigenvalue weighted by Crippen LogP contribution is -2.36. The number of rotatable bonds is 4. The zero-order chi connectivity index (χ0) is 10.9. The molecular formula is C10H17N3O2. The molecule has 1 aromatic rings. The van der Waals surface area contributed by atoms with Crippen LogP contribution in [0, 0.1) is 0 Å². The fourth-order valence-electron chi connectivity index (χ4n) is 1.57.